The molecule has 104 valence electrons. The van der Waals surface area contributed by atoms with Crippen LogP contribution in [0.25, 0.3) is 0 Å². The van der Waals surface area contributed by atoms with Crippen LogP contribution >= 0.6 is 0 Å². The van der Waals surface area contributed by atoms with E-state index in [1.54, 1.807) is 24.3 Å². The Morgan fingerprint density at radius 3 is 1.67 bits per heavy atom. The van der Waals surface area contributed by atoms with Crippen molar-refractivity contribution in [1.82, 2.24) is 0 Å². The molecule has 0 atom stereocenters. The minimum Gasteiger partial charge on any atom is -0.508 e. The molecule has 0 aromatic heterocycles. The van der Waals surface area contributed by atoms with Gasteiger partial charge in [-0.15, -0.1) is 0 Å². The third kappa shape index (κ3) is 3.54. The van der Waals surface area contributed by atoms with Gasteiger partial charge in [0.25, 0.3) is 0 Å². The number of hydrogen-bond acceptors (Lipinski definition) is 3. The molecule has 0 aliphatic carbocycles. The Kier molecular flexibility index (Phi) is 3.74. The smallest absolute Gasteiger partial charge is 0.131 e. The molecule has 0 aliphatic heterocycles. The Hall–Kier alpha value is -2.94. The second-order valence-electron chi connectivity index (χ2n) is 4.49. The van der Waals surface area contributed by atoms with Crippen molar-refractivity contribution in [1.29, 1.82) is 0 Å². The number of phenols is 1. The molecule has 0 unspecified atom stereocenters. The molecule has 0 radical (unpaired) electrons. The maximum Gasteiger partial charge on any atom is 0.131 e. The summed E-state index contributed by atoms with van der Waals surface area (Å²) in [5.41, 5.74) is 0. The van der Waals surface area contributed by atoms with Gasteiger partial charge in [-0.2, -0.15) is 0 Å². The van der Waals surface area contributed by atoms with E-state index in [9.17, 15) is 5.11 Å². The van der Waals surface area contributed by atoms with Gasteiger partial charge in [0.05, 0.1) is 0 Å². The number of para-hydroxylation sites is 1. The highest BCUT2D eigenvalue weighted by Crippen LogP contribution is 2.28. The van der Waals surface area contributed by atoms with Crippen molar-refractivity contribution in [3.05, 3.63) is 78.9 Å². The molecular weight excluding hydrogens is 264 g/mol. The molecule has 0 amide bonds. The molecule has 3 heteroatoms. The van der Waals surface area contributed by atoms with E-state index in [1.807, 2.05) is 54.6 Å². The predicted octanol–water partition coefficient (Wildman–Crippen LogP) is 4.98. The van der Waals surface area contributed by atoms with Crippen LogP contribution in [0.15, 0.2) is 78.9 Å². The fraction of sp³-hybridized carbons (Fsp3) is 0. The highest BCUT2D eigenvalue weighted by atomic mass is 16.5. The molecule has 21 heavy (non-hydrogen) atoms. The minimum atomic E-state index is 0.212. The molecule has 3 nitrogen and oxygen atoms in total. The lowest BCUT2D eigenvalue weighted by atomic mass is 10.3. The SMILES string of the molecule is Oc1ccc(Oc2cccc(Oc3ccccc3)c2)cc1. The highest BCUT2D eigenvalue weighted by molar-refractivity contribution is 5.40. The van der Waals surface area contributed by atoms with Gasteiger partial charge in [-0.25, -0.2) is 0 Å². The van der Waals surface area contributed by atoms with Crippen LogP contribution in [0.3, 0.4) is 0 Å². The van der Waals surface area contributed by atoms with E-state index in [2.05, 4.69) is 0 Å². The van der Waals surface area contributed by atoms with Crippen molar-refractivity contribution >= 4 is 0 Å². The Balaban J connectivity index is 1.75. The zero-order chi connectivity index (χ0) is 14.5. The fourth-order valence-electron chi connectivity index (χ4n) is 1.88. The van der Waals surface area contributed by atoms with Gasteiger partial charge in [0.1, 0.15) is 28.7 Å². The first-order valence-electron chi connectivity index (χ1n) is 6.59. The van der Waals surface area contributed by atoms with E-state index in [1.165, 1.54) is 0 Å². The zero-order valence-electron chi connectivity index (χ0n) is 11.3. The van der Waals surface area contributed by atoms with Crippen LogP contribution in [0.1, 0.15) is 0 Å². The number of benzene rings is 3. The predicted molar refractivity (Wildman–Crippen MR) is 81.1 cm³/mol. The topological polar surface area (TPSA) is 38.7 Å². The summed E-state index contributed by atoms with van der Waals surface area (Å²) in [5, 5.41) is 9.26. The van der Waals surface area contributed by atoms with Gasteiger partial charge < -0.3 is 14.6 Å². The van der Waals surface area contributed by atoms with Crippen molar-refractivity contribution in [3.8, 4) is 28.7 Å². The van der Waals surface area contributed by atoms with Crippen LogP contribution in [0.2, 0.25) is 0 Å². The van der Waals surface area contributed by atoms with Crippen molar-refractivity contribution in [2.24, 2.45) is 0 Å². The lowest BCUT2D eigenvalue weighted by Gasteiger charge is -2.09. The Morgan fingerprint density at radius 2 is 1.05 bits per heavy atom. The summed E-state index contributed by atoms with van der Waals surface area (Å²) < 4.78 is 11.5. The Morgan fingerprint density at radius 1 is 0.524 bits per heavy atom. The van der Waals surface area contributed by atoms with Gasteiger partial charge in [0.2, 0.25) is 0 Å². The Bertz CT molecular complexity index is 706. The van der Waals surface area contributed by atoms with E-state index in [0.717, 1.165) is 5.75 Å². The summed E-state index contributed by atoms with van der Waals surface area (Å²) in [5.74, 6) is 3.03. The average Bonchev–Trinajstić information content (AvgIpc) is 2.51. The van der Waals surface area contributed by atoms with Crippen LogP contribution in [0.4, 0.5) is 0 Å². The molecule has 1 N–H and O–H groups in total. The second kappa shape index (κ2) is 6.01. The summed E-state index contributed by atoms with van der Waals surface area (Å²) in [6, 6.07) is 23.6. The van der Waals surface area contributed by atoms with Gasteiger partial charge in [-0.3, -0.25) is 0 Å². The molecule has 0 saturated heterocycles. The largest absolute Gasteiger partial charge is 0.508 e. The van der Waals surface area contributed by atoms with Crippen molar-refractivity contribution in [2.75, 3.05) is 0 Å². The maximum atomic E-state index is 9.26. The summed E-state index contributed by atoms with van der Waals surface area (Å²) in [6.45, 7) is 0. The summed E-state index contributed by atoms with van der Waals surface area (Å²) in [4.78, 5) is 0. The molecule has 3 aromatic carbocycles. The number of hydrogen-bond donors (Lipinski definition) is 1. The van der Waals surface area contributed by atoms with Crippen LogP contribution in [0, 0.1) is 0 Å². The van der Waals surface area contributed by atoms with Crippen LogP contribution in [-0.2, 0) is 0 Å². The van der Waals surface area contributed by atoms with E-state index < -0.39 is 0 Å². The van der Waals surface area contributed by atoms with Crippen LogP contribution < -0.4 is 9.47 Å². The van der Waals surface area contributed by atoms with Crippen LogP contribution in [0.5, 0.6) is 28.7 Å². The average molecular weight is 278 g/mol. The van der Waals surface area contributed by atoms with Gasteiger partial charge in [0.15, 0.2) is 0 Å². The molecular formula is C18H14O3. The summed E-state index contributed by atoms with van der Waals surface area (Å²) in [7, 11) is 0. The molecule has 0 aliphatic rings. The molecule has 0 fully saturated rings. The fourth-order valence-corrected chi connectivity index (χ4v) is 1.88. The van der Waals surface area contributed by atoms with Gasteiger partial charge in [-0.05, 0) is 48.5 Å². The lowest BCUT2D eigenvalue weighted by molar-refractivity contribution is 0.455. The van der Waals surface area contributed by atoms with E-state index in [0.29, 0.717) is 17.2 Å². The van der Waals surface area contributed by atoms with Gasteiger partial charge in [-0.1, -0.05) is 24.3 Å². The lowest BCUT2D eigenvalue weighted by Crippen LogP contribution is -1.86. The van der Waals surface area contributed by atoms with E-state index in [-0.39, 0.29) is 5.75 Å². The molecule has 0 bridgehead atoms. The van der Waals surface area contributed by atoms with Gasteiger partial charge >= 0.3 is 0 Å². The van der Waals surface area contributed by atoms with Crippen LogP contribution in [-0.4, -0.2) is 5.11 Å². The molecule has 0 spiro atoms. The number of ether oxygens (including phenoxy) is 2. The third-order valence-corrected chi connectivity index (χ3v) is 2.86. The number of phenolic OH excluding ortho intramolecular Hbond substituents is 1. The second-order valence-corrected chi connectivity index (χ2v) is 4.49. The van der Waals surface area contributed by atoms with Crippen molar-refractivity contribution in [3.63, 3.8) is 0 Å². The monoisotopic (exact) mass is 278 g/mol. The summed E-state index contributed by atoms with van der Waals surface area (Å²) >= 11 is 0. The maximum absolute atomic E-state index is 9.26. The number of rotatable bonds is 4. The van der Waals surface area contributed by atoms with E-state index >= 15 is 0 Å². The number of aromatic hydroxyl groups is 1. The first-order chi connectivity index (χ1) is 10.3. The Labute approximate surface area is 123 Å². The van der Waals surface area contributed by atoms with Crippen molar-refractivity contribution in [2.45, 2.75) is 0 Å². The third-order valence-electron chi connectivity index (χ3n) is 2.86. The molecule has 3 aromatic rings. The molecule has 0 saturated carbocycles. The van der Waals surface area contributed by atoms with E-state index in [4.69, 9.17) is 9.47 Å². The first-order valence-corrected chi connectivity index (χ1v) is 6.59. The highest BCUT2D eigenvalue weighted by Gasteiger charge is 2.01. The van der Waals surface area contributed by atoms with Gasteiger partial charge in [0, 0.05) is 6.07 Å². The first kappa shape index (κ1) is 13.1. The standard InChI is InChI=1S/C18H14O3/c19-14-9-11-16(12-10-14)21-18-8-4-7-17(13-18)20-15-5-2-1-3-6-15/h1-13,19H. The quantitative estimate of drug-likeness (QED) is 0.731. The normalized spacial score (nSPS) is 10.1. The summed E-state index contributed by atoms with van der Waals surface area (Å²) in [6.07, 6.45) is 0. The van der Waals surface area contributed by atoms with Crippen molar-refractivity contribution < 1.29 is 14.6 Å². The minimum absolute atomic E-state index is 0.212. The zero-order valence-corrected chi connectivity index (χ0v) is 11.3. The molecule has 0 heterocycles. The molecule has 3 rings (SSSR count).